The molecule has 27 heavy (non-hydrogen) atoms. The van der Waals surface area contributed by atoms with Crippen LogP contribution in [-0.4, -0.2) is 38.0 Å². The minimum absolute atomic E-state index is 0.0149. The molecule has 4 rings (SSSR count). The third-order valence-corrected chi connectivity index (χ3v) is 5.47. The van der Waals surface area contributed by atoms with Gasteiger partial charge in [-0.25, -0.2) is 4.39 Å². The molecule has 1 aliphatic rings. The van der Waals surface area contributed by atoms with Gasteiger partial charge in [-0.05, 0) is 49.2 Å². The van der Waals surface area contributed by atoms with E-state index in [0.29, 0.717) is 24.7 Å². The fourth-order valence-electron chi connectivity index (χ4n) is 3.22. The number of hydrogen-bond donors (Lipinski definition) is 0. The Bertz CT molecular complexity index is 975. The number of carbonyl (C=O) groups excluding carboxylic acids is 1. The van der Waals surface area contributed by atoms with E-state index < -0.39 is 0 Å². The number of halogens is 1. The SMILES string of the molecule is CCn1c(SCC(=O)N2CCc3cc(F)ccc32)nnc1-c1cccnc1. The summed E-state index contributed by atoms with van der Waals surface area (Å²) >= 11 is 1.36. The summed E-state index contributed by atoms with van der Waals surface area (Å²) in [6.45, 7) is 3.29. The highest BCUT2D eigenvalue weighted by molar-refractivity contribution is 7.99. The van der Waals surface area contributed by atoms with E-state index in [4.69, 9.17) is 0 Å². The lowest BCUT2D eigenvalue weighted by molar-refractivity contribution is -0.116. The van der Waals surface area contributed by atoms with Gasteiger partial charge in [0.1, 0.15) is 5.82 Å². The standard InChI is InChI=1S/C19H18FN5OS/c1-2-24-18(14-4-3-8-21-11-14)22-23-19(24)27-12-17(26)25-9-7-13-10-15(20)5-6-16(13)25/h3-6,8,10-11H,2,7,9,12H2,1H3. The molecular formula is C19H18FN5OS. The predicted molar refractivity (Wildman–Crippen MR) is 102 cm³/mol. The molecule has 3 heterocycles. The molecule has 0 saturated heterocycles. The smallest absolute Gasteiger partial charge is 0.237 e. The zero-order chi connectivity index (χ0) is 18.8. The number of nitrogens with zero attached hydrogens (tertiary/aromatic N) is 5. The molecule has 0 saturated carbocycles. The van der Waals surface area contributed by atoms with Crippen LogP contribution in [0, 0.1) is 5.82 Å². The van der Waals surface area contributed by atoms with Crippen LogP contribution in [0.3, 0.4) is 0 Å². The van der Waals surface area contributed by atoms with Crippen molar-refractivity contribution in [1.29, 1.82) is 0 Å². The van der Waals surface area contributed by atoms with Crippen LogP contribution in [0.25, 0.3) is 11.4 Å². The van der Waals surface area contributed by atoms with Gasteiger partial charge in [0.25, 0.3) is 0 Å². The van der Waals surface area contributed by atoms with Gasteiger partial charge in [0.15, 0.2) is 11.0 Å². The molecule has 3 aromatic rings. The molecule has 0 radical (unpaired) electrons. The number of rotatable bonds is 5. The van der Waals surface area contributed by atoms with E-state index in [1.165, 1.54) is 23.9 Å². The van der Waals surface area contributed by atoms with E-state index in [1.807, 2.05) is 23.6 Å². The average Bonchev–Trinajstić information content (AvgIpc) is 3.30. The van der Waals surface area contributed by atoms with Crippen LogP contribution in [-0.2, 0) is 17.8 Å². The van der Waals surface area contributed by atoms with Crippen molar-refractivity contribution in [2.45, 2.75) is 25.0 Å². The molecule has 1 amide bonds. The molecule has 6 nitrogen and oxygen atoms in total. The molecule has 0 atom stereocenters. The first kappa shape index (κ1) is 17.7. The number of fused-ring (bicyclic) bond motifs is 1. The number of carbonyl (C=O) groups is 1. The van der Waals surface area contributed by atoms with Gasteiger partial charge >= 0.3 is 0 Å². The van der Waals surface area contributed by atoms with Crippen molar-refractivity contribution in [2.24, 2.45) is 0 Å². The zero-order valence-corrected chi connectivity index (χ0v) is 15.6. The van der Waals surface area contributed by atoms with Crippen molar-refractivity contribution >= 4 is 23.4 Å². The van der Waals surface area contributed by atoms with E-state index in [0.717, 1.165) is 22.6 Å². The molecule has 0 fully saturated rings. The first-order valence-corrected chi connectivity index (χ1v) is 9.71. The quantitative estimate of drug-likeness (QED) is 0.633. The number of hydrogen-bond acceptors (Lipinski definition) is 5. The number of thioether (sulfide) groups is 1. The van der Waals surface area contributed by atoms with Crippen LogP contribution in [0.1, 0.15) is 12.5 Å². The summed E-state index contributed by atoms with van der Waals surface area (Å²) in [5.41, 5.74) is 2.57. The van der Waals surface area contributed by atoms with Crippen LogP contribution in [0.5, 0.6) is 0 Å². The minimum Gasteiger partial charge on any atom is -0.311 e. The molecule has 138 valence electrons. The van der Waals surface area contributed by atoms with Gasteiger partial charge in [-0.1, -0.05) is 11.8 Å². The van der Waals surface area contributed by atoms with E-state index in [1.54, 1.807) is 23.4 Å². The maximum Gasteiger partial charge on any atom is 0.237 e. The van der Waals surface area contributed by atoms with Crippen LogP contribution >= 0.6 is 11.8 Å². The lowest BCUT2D eigenvalue weighted by Crippen LogP contribution is -2.30. The Hall–Kier alpha value is -2.74. The largest absolute Gasteiger partial charge is 0.311 e. The summed E-state index contributed by atoms with van der Waals surface area (Å²) < 4.78 is 15.3. The van der Waals surface area contributed by atoms with Gasteiger partial charge < -0.3 is 9.47 Å². The van der Waals surface area contributed by atoms with Crippen LogP contribution in [0.2, 0.25) is 0 Å². The highest BCUT2D eigenvalue weighted by Gasteiger charge is 2.25. The predicted octanol–water partition coefficient (Wildman–Crippen LogP) is 3.18. The number of benzene rings is 1. The first-order valence-electron chi connectivity index (χ1n) is 8.72. The molecule has 1 aliphatic heterocycles. The Morgan fingerprint density at radius 2 is 2.19 bits per heavy atom. The topological polar surface area (TPSA) is 63.9 Å². The molecular weight excluding hydrogens is 365 g/mol. The lowest BCUT2D eigenvalue weighted by atomic mass is 10.2. The number of amides is 1. The summed E-state index contributed by atoms with van der Waals surface area (Å²) in [4.78, 5) is 18.5. The third kappa shape index (κ3) is 3.44. The zero-order valence-electron chi connectivity index (χ0n) is 14.8. The molecule has 0 N–H and O–H groups in total. The van der Waals surface area contributed by atoms with Gasteiger partial charge in [-0.2, -0.15) is 0 Å². The molecule has 8 heteroatoms. The van der Waals surface area contributed by atoms with Crippen molar-refractivity contribution in [2.75, 3.05) is 17.2 Å². The maximum absolute atomic E-state index is 13.4. The Balaban J connectivity index is 1.49. The Morgan fingerprint density at radius 1 is 1.30 bits per heavy atom. The van der Waals surface area contributed by atoms with Gasteiger partial charge in [0.2, 0.25) is 5.91 Å². The van der Waals surface area contributed by atoms with E-state index in [-0.39, 0.29) is 17.5 Å². The Morgan fingerprint density at radius 3 is 2.96 bits per heavy atom. The number of aromatic nitrogens is 4. The summed E-state index contributed by atoms with van der Waals surface area (Å²) in [6, 6.07) is 8.36. The second-order valence-corrected chi connectivity index (χ2v) is 7.09. The second-order valence-electron chi connectivity index (χ2n) is 6.15. The molecule has 0 bridgehead atoms. The summed E-state index contributed by atoms with van der Waals surface area (Å²) in [5, 5.41) is 9.21. The van der Waals surface area contributed by atoms with Crippen molar-refractivity contribution < 1.29 is 9.18 Å². The van der Waals surface area contributed by atoms with E-state index in [2.05, 4.69) is 15.2 Å². The van der Waals surface area contributed by atoms with Gasteiger partial charge in [0, 0.05) is 36.7 Å². The molecule has 0 unspecified atom stereocenters. The summed E-state index contributed by atoms with van der Waals surface area (Å²) in [6.07, 6.45) is 4.14. The van der Waals surface area contributed by atoms with Crippen molar-refractivity contribution in [3.05, 3.63) is 54.1 Å². The van der Waals surface area contributed by atoms with E-state index >= 15 is 0 Å². The summed E-state index contributed by atoms with van der Waals surface area (Å²) in [7, 11) is 0. The number of anilines is 1. The Labute approximate surface area is 160 Å². The van der Waals surface area contributed by atoms with Gasteiger partial charge in [-0.3, -0.25) is 9.78 Å². The van der Waals surface area contributed by atoms with Crippen LogP contribution < -0.4 is 4.90 Å². The molecule has 0 spiro atoms. The molecule has 1 aromatic carbocycles. The minimum atomic E-state index is -0.267. The van der Waals surface area contributed by atoms with Crippen LogP contribution in [0.4, 0.5) is 10.1 Å². The normalized spacial score (nSPS) is 13.0. The second kappa shape index (κ2) is 7.48. The van der Waals surface area contributed by atoms with Gasteiger partial charge in [-0.15, -0.1) is 10.2 Å². The fraction of sp³-hybridized carbons (Fsp3) is 0.263. The monoisotopic (exact) mass is 383 g/mol. The highest BCUT2D eigenvalue weighted by atomic mass is 32.2. The van der Waals surface area contributed by atoms with Crippen molar-refractivity contribution in [3.8, 4) is 11.4 Å². The van der Waals surface area contributed by atoms with Crippen molar-refractivity contribution in [1.82, 2.24) is 19.7 Å². The number of pyridine rings is 1. The average molecular weight is 383 g/mol. The molecule has 0 aliphatic carbocycles. The maximum atomic E-state index is 13.4. The van der Waals surface area contributed by atoms with Crippen molar-refractivity contribution in [3.63, 3.8) is 0 Å². The van der Waals surface area contributed by atoms with E-state index in [9.17, 15) is 9.18 Å². The third-order valence-electron chi connectivity index (χ3n) is 4.52. The summed E-state index contributed by atoms with van der Waals surface area (Å²) in [5.74, 6) is 0.708. The first-order chi connectivity index (χ1) is 13.2. The van der Waals surface area contributed by atoms with Crippen LogP contribution in [0.15, 0.2) is 47.9 Å². The highest BCUT2D eigenvalue weighted by Crippen LogP contribution is 2.30. The lowest BCUT2D eigenvalue weighted by Gasteiger charge is -2.17. The molecule has 2 aromatic heterocycles. The fourth-order valence-corrected chi connectivity index (χ4v) is 4.10. The van der Waals surface area contributed by atoms with Gasteiger partial charge in [0.05, 0.1) is 5.75 Å². The Kier molecular flexibility index (Phi) is 4.89.